The van der Waals surface area contributed by atoms with Gasteiger partial charge in [0, 0.05) is 23.3 Å². The Kier molecular flexibility index (Phi) is 6.72. The Bertz CT molecular complexity index is 439. The lowest BCUT2D eigenvalue weighted by atomic mass is 10.1. The fraction of sp³-hybridized carbons (Fsp3) is 0.500. The summed E-state index contributed by atoms with van der Waals surface area (Å²) >= 11 is 5.19. The van der Waals surface area contributed by atoms with Crippen molar-refractivity contribution in [2.24, 2.45) is 0 Å². The summed E-state index contributed by atoms with van der Waals surface area (Å²) in [4.78, 5) is 14.4. The van der Waals surface area contributed by atoms with Gasteiger partial charge in [-0.1, -0.05) is 6.92 Å². The zero-order chi connectivity index (χ0) is 14.4. The van der Waals surface area contributed by atoms with E-state index in [-0.39, 0.29) is 11.9 Å². The van der Waals surface area contributed by atoms with Crippen molar-refractivity contribution in [2.45, 2.75) is 19.4 Å². The monoisotopic (exact) mass is 345 g/mol. The van der Waals surface area contributed by atoms with Crippen molar-refractivity contribution in [1.82, 2.24) is 4.90 Å². The highest BCUT2D eigenvalue weighted by atomic mass is 79.9. The van der Waals surface area contributed by atoms with E-state index >= 15 is 0 Å². The van der Waals surface area contributed by atoms with Gasteiger partial charge in [-0.25, -0.2) is 0 Å². The van der Waals surface area contributed by atoms with Gasteiger partial charge in [-0.15, -0.1) is 0 Å². The molecule has 5 heteroatoms. The number of hydrogen-bond donors (Lipinski definition) is 0. The number of carbonyl (C=O) groups excluding carboxylic acids is 1. The third-order valence-electron chi connectivity index (χ3n) is 3.10. The van der Waals surface area contributed by atoms with Gasteiger partial charge in [-0.3, -0.25) is 4.79 Å². The van der Waals surface area contributed by atoms with Gasteiger partial charge >= 0.3 is 0 Å². The first-order valence-corrected chi connectivity index (χ1v) is 8.33. The maximum absolute atomic E-state index is 12.5. The summed E-state index contributed by atoms with van der Waals surface area (Å²) in [6, 6.07) is 5.70. The fourth-order valence-electron chi connectivity index (χ4n) is 1.85. The lowest BCUT2D eigenvalue weighted by molar-refractivity contribution is 0.0742. The molecule has 0 fully saturated rings. The molecule has 1 unspecified atom stereocenters. The Morgan fingerprint density at radius 2 is 2.21 bits per heavy atom. The van der Waals surface area contributed by atoms with Gasteiger partial charge in [0.1, 0.15) is 5.75 Å². The normalized spacial score (nSPS) is 12.1. The molecule has 3 nitrogen and oxygen atoms in total. The Morgan fingerprint density at radius 3 is 2.74 bits per heavy atom. The zero-order valence-corrected chi connectivity index (χ0v) is 14.2. The average Bonchev–Trinajstić information content (AvgIpc) is 2.43. The van der Waals surface area contributed by atoms with Gasteiger partial charge in [0.15, 0.2) is 0 Å². The molecule has 0 aliphatic carbocycles. The first-order valence-electron chi connectivity index (χ1n) is 6.14. The zero-order valence-electron chi connectivity index (χ0n) is 11.8. The maximum Gasteiger partial charge on any atom is 0.255 e. The summed E-state index contributed by atoms with van der Waals surface area (Å²) in [7, 11) is 3.46. The lowest BCUT2D eigenvalue weighted by Gasteiger charge is -2.27. The quantitative estimate of drug-likeness (QED) is 0.787. The van der Waals surface area contributed by atoms with Crippen molar-refractivity contribution < 1.29 is 9.53 Å². The van der Waals surface area contributed by atoms with Crippen molar-refractivity contribution >= 4 is 33.6 Å². The maximum atomic E-state index is 12.5. The molecule has 0 N–H and O–H groups in total. The van der Waals surface area contributed by atoms with Crippen LogP contribution in [0.1, 0.15) is 23.7 Å². The predicted octanol–water partition coefficient (Wildman–Crippen LogP) is 3.67. The van der Waals surface area contributed by atoms with E-state index in [0.29, 0.717) is 11.3 Å². The number of halogens is 1. The summed E-state index contributed by atoms with van der Waals surface area (Å²) in [6.07, 6.45) is 3.01. The minimum Gasteiger partial charge on any atom is -0.497 e. The minimum atomic E-state index is 0.0201. The first kappa shape index (κ1) is 16.4. The molecule has 0 aromatic heterocycles. The number of amides is 1. The largest absolute Gasteiger partial charge is 0.497 e. The SMILES string of the molecule is CCC(CSC)N(C)C(=O)c1cc(OC)ccc1Br. The number of methoxy groups -OCH3 is 1. The van der Waals surface area contributed by atoms with E-state index in [1.807, 2.05) is 24.1 Å². The van der Waals surface area contributed by atoms with E-state index in [4.69, 9.17) is 4.74 Å². The van der Waals surface area contributed by atoms with Crippen molar-refractivity contribution in [1.29, 1.82) is 0 Å². The van der Waals surface area contributed by atoms with Crippen LogP contribution < -0.4 is 4.74 Å². The summed E-state index contributed by atoms with van der Waals surface area (Å²) in [5, 5.41) is 0. The molecule has 0 bridgehead atoms. The highest BCUT2D eigenvalue weighted by Crippen LogP contribution is 2.24. The van der Waals surface area contributed by atoms with Crippen molar-refractivity contribution in [3.63, 3.8) is 0 Å². The number of rotatable bonds is 6. The summed E-state index contributed by atoms with van der Waals surface area (Å²) < 4.78 is 5.97. The van der Waals surface area contributed by atoms with Crippen LogP contribution in [0.2, 0.25) is 0 Å². The van der Waals surface area contributed by atoms with E-state index < -0.39 is 0 Å². The fourth-order valence-corrected chi connectivity index (χ4v) is 3.11. The lowest BCUT2D eigenvalue weighted by Crippen LogP contribution is -2.38. The van der Waals surface area contributed by atoms with E-state index in [2.05, 4.69) is 29.1 Å². The van der Waals surface area contributed by atoms with E-state index in [1.165, 1.54) is 0 Å². The van der Waals surface area contributed by atoms with Crippen LogP contribution >= 0.6 is 27.7 Å². The smallest absolute Gasteiger partial charge is 0.255 e. The minimum absolute atomic E-state index is 0.0201. The molecule has 0 spiro atoms. The molecule has 1 amide bonds. The molecule has 0 saturated heterocycles. The van der Waals surface area contributed by atoms with Crippen LogP contribution in [0, 0.1) is 0 Å². The standard InChI is InChI=1S/C14H20BrNO2S/c1-5-10(9-19-4)16(2)14(17)12-8-11(18-3)6-7-13(12)15/h6-8,10H,5,9H2,1-4H3. The van der Waals surface area contributed by atoms with Crippen molar-refractivity contribution in [2.75, 3.05) is 26.2 Å². The van der Waals surface area contributed by atoms with E-state index in [9.17, 15) is 4.79 Å². The second kappa shape index (κ2) is 7.80. The second-order valence-corrected chi connectivity index (χ2v) is 6.04. The predicted molar refractivity (Wildman–Crippen MR) is 85.2 cm³/mol. The van der Waals surface area contributed by atoms with Crippen LogP contribution in [-0.4, -0.2) is 43.0 Å². The van der Waals surface area contributed by atoms with Crippen LogP contribution in [0.25, 0.3) is 0 Å². The molecule has 1 rings (SSSR count). The number of nitrogens with zero attached hydrogens (tertiary/aromatic N) is 1. The Labute approximate surface area is 127 Å². The van der Waals surface area contributed by atoms with Crippen LogP contribution in [-0.2, 0) is 0 Å². The summed E-state index contributed by atoms with van der Waals surface area (Å²) in [5.74, 6) is 1.66. The van der Waals surface area contributed by atoms with Crippen LogP contribution in [0.15, 0.2) is 22.7 Å². The molecular formula is C14H20BrNO2S. The van der Waals surface area contributed by atoms with Gasteiger partial charge < -0.3 is 9.64 Å². The molecule has 0 aliphatic heterocycles. The molecule has 19 heavy (non-hydrogen) atoms. The van der Waals surface area contributed by atoms with E-state index in [1.54, 1.807) is 24.9 Å². The van der Waals surface area contributed by atoms with Crippen LogP contribution in [0.4, 0.5) is 0 Å². The molecule has 1 aromatic carbocycles. The number of ether oxygens (including phenoxy) is 1. The molecule has 0 heterocycles. The third kappa shape index (κ3) is 4.14. The van der Waals surface area contributed by atoms with Gasteiger partial charge in [0.25, 0.3) is 5.91 Å². The highest BCUT2D eigenvalue weighted by molar-refractivity contribution is 9.10. The van der Waals surface area contributed by atoms with Gasteiger partial charge in [0.05, 0.1) is 12.7 Å². The molecule has 0 aliphatic rings. The van der Waals surface area contributed by atoms with Crippen LogP contribution in [0.5, 0.6) is 5.75 Å². The number of thioether (sulfide) groups is 1. The highest BCUT2D eigenvalue weighted by Gasteiger charge is 2.21. The Balaban J connectivity index is 2.98. The van der Waals surface area contributed by atoms with Crippen molar-refractivity contribution in [3.05, 3.63) is 28.2 Å². The molecule has 0 radical (unpaired) electrons. The Morgan fingerprint density at radius 1 is 1.53 bits per heavy atom. The van der Waals surface area contributed by atoms with Crippen molar-refractivity contribution in [3.8, 4) is 5.75 Å². The summed E-state index contributed by atoms with van der Waals surface area (Å²) in [5.41, 5.74) is 0.640. The summed E-state index contributed by atoms with van der Waals surface area (Å²) in [6.45, 7) is 2.10. The number of carbonyl (C=O) groups is 1. The second-order valence-electron chi connectivity index (χ2n) is 4.28. The molecule has 1 aromatic rings. The molecule has 106 valence electrons. The topological polar surface area (TPSA) is 29.5 Å². The number of hydrogen-bond acceptors (Lipinski definition) is 3. The van der Waals surface area contributed by atoms with Crippen LogP contribution in [0.3, 0.4) is 0 Å². The van der Waals surface area contributed by atoms with E-state index in [0.717, 1.165) is 16.6 Å². The average molecular weight is 346 g/mol. The van der Waals surface area contributed by atoms with Gasteiger partial charge in [-0.2, -0.15) is 11.8 Å². The third-order valence-corrected chi connectivity index (χ3v) is 4.51. The molecular weight excluding hydrogens is 326 g/mol. The Hall–Kier alpha value is -0.680. The van der Waals surface area contributed by atoms with Gasteiger partial charge in [0.2, 0.25) is 0 Å². The first-order chi connectivity index (χ1) is 9.04. The van der Waals surface area contributed by atoms with Gasteiger partial charge in [-0.05, 0) is 46.8 Å². The number of benzene rings is 1. The molecule has 0 saturated carbocycles. The molecule has 1 atom stereocenters.